The van der Waals surface area contributed by atoms with Crippen molar-refractivity contribution in [2.45, 2.75) is 0 Å². The molecule has 0 N–H and O–H groups in total. The highest BCUT2D eigenvalue weighted by molar-refractivity contribution is 6.05. The van der Waals surface area contributed by atoms with Gasteiger partial charge in [-0.3, -0.25) is 9.13 Å². The van der Waals surface area contributed by atoms with Crippen molar-refractivity contribution in [3.8, 4) is 56.2 Å². The first-order chi connectivity index (χ1) is 24.0. The Morgan fingerprint density at radius 1 is 0.449 bits per heavy atom. The van der Waals surface area contributed by atoms with Crippen molar-refractivity contribution in [1.82, 2.24) is 19.1 Å². The molecule has 0 atom stereocenters. The van der Waals surface area contributed by atoms with Crippen molar-refractivity contribution in [1.29, 1.82) is 0 Å². The molecule has 3 aromatic heterocycles. The molecule has 0 saturated carbocycles. The summed E-state index contributed by atoms with van der Waals surface area (Å²) in [7, 11) is 3.61. The van der Waals surface area contributed by atoms with E-state index >= 15 is 0 Å². The van der Waals surface area contributed by atoms with Crippen molar-refractivity contribution in [2.75, 3.05) is 0 Å². The van der Waals surface area contributed by atoms with E-state index in [9.17, 15) is 4.79 Å². The number of furan rings is 1. The van der Waals surface area contributed by atoms with E-state index in [1.165, 1.54) is 0 Å². The number of para-hydroxylation sites is 1. The lowest BCUT2D eigenvalue weighted by Gasteiger charge is -2.11. The number of rotatable bonds is 5. The first-order valence-corrected chi connectivity index (χ1v) is 16.2. The number of hydrogen-bond donors (Lipinski definition) is 0. The van der Waals surface area contributed by atoms with Crippen molar-refractivity contribution < 1.29 is 4.42 Å². The molecule has 6 aromatic carbocycles. The van der Waals surface area contributed by atoms with Crippen LogP contribution in [0.1, 0.15) is 0 Å². The van der Waals surface area contributed by atoms with Gasteiger partial charge < -0.3 is 4.42 Å². The van der Waals surface area contributed by atoms with Gasteiger partial charge in [0.2, 0.25) is 0 Å². The van der Waals surface area contributed by atoms with E-state index in [0.717, 1.165) is 83.3 Å². The first-order valence-electron chi connectivity index (χ1n) is 16.2. The summed E-state index contributed by atoms with van der Waals surface area (Å²) in [5.74, 6) is 0.673. The fourth-order valence-electron chi connectivity index (χ4n) is 6.72. The Kier molecular flexibility index (Phi) is 6.62. The van der Waals surface area contributed by atoms with E-state index in [2.05, 4.69) is 91.0 Å². The zero-order chi connectivity index (χ0) is 33.1. The Balaban J connectivity index is 1.07. The maximum absolute atomic E-state index is 12.5. The van der Waals surface area contributed by atoms with Crippen molar-refractivity contribution in [2.24, 2.45) is 14.1 Å². The number of aromatic nitrogens is 4. The predicted molar refractivity (Wildman–Crippen MR) is 198 cm³/mol. The third-order valence-electron chi connectivity index (χ3n) is 9.44. The van der Waals surface area contributed by atoms with Gasteiger partial charge in [0.25, 0.3) is 0 Å². The lowest BCUT2D eigenvalue weighted by molar-refractivity contribution is 0.669. The molecule has 0 bridgehead atoms. The van der Waals surface area contributed by atoms with Gasteiger partial charge in [-0.15, -0.1) is 0 Å². The van der Waals surface area contributed by atoms with Crippen LogP contribution in [0.15, 0.2) is 155 Å². The van der Waals surface area contributed by atoms with Gasteiger partial charge in [0.1, 0.15) is 11.2 Å². The van der Waals surface area contributed by atoms with E-state index < -0.39 is 0 Å². The molecule has 0 fully saturated rings. The summed E-state index contributed by atoms with van der Waals surface area (Å²) in [5.41, 5.74) is 12.5. The minimum Gasteiger partial charge on any atom is -0.456 e. The maximum Gasteiger partial charge on any atom is 0.328 e. The van der Waals surface area contributed by atoms with E-state index in [1.807, 2.05) is 61.6 Å². The Bertz CT molecular complexity index is 2740. The van der Waals surface area contributed by atoms with Gasteiger partial charge in [0.15, 0.2) is 5.82 Å². The van der Waals surface area contributed by atoms with Gasteiger partial charge >= 0.3 is 5.69 Å². The van der Waals surface area contributed by atoms with Gasteiger partial charge in [0.05, 0.1) is 22.4 Å². The third-order valence-corrected chi connectivity index (χ3v) is 9.44. The molecule has 3 heterocycles. The zero-order valence-corrected chi connectivity index (χ0v) is 27.0. The number of nitrogens with zero attached hydrogens (tertiary/aromatic N) is 4. The largest absolute Gasteiger partial charge is 0.456 e. The fourth-order valence-corrected chi connectivity index (χ4v) is 6.72. The van der Waals surface area contributed by atoms with Crippen LogP contribution >= 0.6 is 0 Å². The molecule has 0 amide bonds. The lowest BCUT2D eigenvalue weighted by Crippen LogP contribution is -2.19. The molecule has 9 rings (SSSR count). The van der Waals surface area contributed by atoms with Gasteiger partial charge in [0, 0.05) is 41.6 Å². The van der Waals surface area contributed by atoms with Crippen LogP contribution < -0.4 is 5.69 Å². The number of imidazole rings is 1. The van der Waals surface area contributed by atoms with E-state index in [-0.39, 0.29) is 5.69 Å². The number of hydrogen-bond acceptors (Lipinski definition) is 4. The van der Waals surface area contributed by atoms with E-state index in [1.54, 1.807) is 16.2 Å². The van der Waals surface area contributed by atoms with E-state index in [4.69, 9.17) is 14.4 Å². The second-order valence-corrected chi connectivity index (χ2v) is 12.4. The topological polar surface area (TPSA) is 65.8 Å². The van der Waals surface area contributed by atoms with Crippen LogP contribution in [0.5, 0.6) is 0 Å². The van der Waals surface area contributed by atoms with Crippen molar-refractivity contribution in [3.63, 3.8) is 0 Å². The Morgan fingerprint density at radius 3 is 1.67 bits per heavy atom. The predicted octanol–water partition coefficient (Wildman–Crippen LogP) is 9.90. The van der Waals surface area contributed by atoms with Crippen LogP contribution in [0.4, 0.5) is 0 Å². The molecule has 0 aliphatic heterocycles. The fraction of sp³-hybridized carbons (Fsp3) is 0.0465. The summed E-state index contributed by atoms with van der Waals surface area (Å²) in [6.07, 6.45) is 0. The highest BCUT2D eigenvalue weighted by atomic mass is 16.3. The summed E-state index contributed by atoms with van der Waals surface area (Å²) in [5, 5.41) is 2.25. The highest BCUT2D eigenvalue weighted by Crippen LogP contribution is 2.34. The molecule has 234 valence electrons. The molecule has 0 unspecified atom stereocenters. The van der Waals surface area contributed by atoms with Crippen LogP contribution in [-0.4, -0.2) is 19.1 Å². The summed E-state index contributed by atoms with van der Waals surface area (Å²) >= 11 is 0. The minimum absolute atomic E-state index is 0.0323. The second-order valence-electron chi connectivity index (χ2n) is 12.4. The molecule has 0 aliphatic carbocycles. The number of aryl methyl sites for hydroxylation is 2. The van der Waals surface area contributed by atoms with Crippen LogP contribution in [0.2, 0.25) is 0 Å². The Labute approximate surface area is 282 Å². The highest BCUT2D eigenvalue weighted by Gasteiger charge is 2.14. The average Bonchev–Trinajstić information content (AvgIpc) is 3.64. The normalized spacial score (nSPS) is 11.6. The van der Waals surface area contributed by atoms with Crippen LogP contribution in [0.3, 0.4) is 0 Å². The smallest absolute Gasteiger partial charge is 0.328 e. The van der Waals surface area contributed by atoms with Gasteiger partial charge in [-0.25, -0.2) is 14.8 Å². The monoisotopic (exact) mass is 634 g/mol. The molecule has 6 heteroatoms. The molecule has 6 nitrogen and oxygen atoms in total. The van der Waals surface area contributed by atoms with Crippen molar-refractivity contribution >= 4 is 33.0 Å². The summed E-state index contributed by atoms with van der Waals surface area (Å²) in [6, 6.07) is 49.8. The minimum atomic E-state index is -0.0323. The zero-order valence-electron chi connectivity index (χ0n) is 27.0. The standard InChI is InChI=1S/C43H30N4O2/c1-46-38-23-21-32(24-39(38)47(2)43(46)48)27-12-16-29(17-13-27)36-26-37(45-42(44-36)31-8-4-3-5-9-31)30-18-14-28(15-19-30)33-20-22-35-34-10-6-7-11-40(34)49-41(35)25-33/h3-26H,1-2H3. The Hall–Kier alpha value is -6.53. The molecule has 0 saturated heterocycles. The van der Waals surface area contributed by atoms with Crippen LogP contribution in [-0.2, 0) is 14.1 Å². The van der Waals surface area contributed by atoms with Crippen LogP contribution in [0, 0.1) is 0 Å². The third kappa shape index (κ3) is 4.93. The van der Waals surface area contributed by atoms with Gasteiger partial charge in [-0.1, -0.05) is 109 Å². The number of benzene rings is 6. The molecule has 9 aromatic rings. The quantitative estimate of drug-likeness (QED) is 0.189. The molecular weight excluding hydrogens is 604 g/mol. The molecule has 49 heavy (non-hydrogen) atoms. The lowest BCUT2D eigenvalue weighted by atomic mass is 9.99. The molecule has 0 aliphatic rings. The summed E-state index contributed by atoms with van der Waals surface area (Å²) < 4.78 is 9.51. The van der Waals surface area contributed by atoms with Crippen LogP contribution in [0.25, 0.3) is 89.1 Å². The first kappa shape index (κ1) is 28.7. The number of fused-ring (bicyclic) bond motifs is 4. The summed E-state index contributed by atoms with van der Waals surface area (Å²) in [4.78, 5) is 22.5. The van der Waals surface area contributed by atoms with Gasteiger partial charge in [-0.05, 0) is 58.7 Å². The van der Waals surface area contributed by atoms with E-state index in [0.29, 0.717) is 5.82 Å². The molecule has 0 radical (unpaired) electrons. The second kappa shape index (κ2) is 11.3. The molecular formula is C43H30N4O2. The molecule has 0 spiro atoms. The SMILES string of the molecule is Cn1c(=O)n(C)c2cc(-c3ccc(-c4cc(-c5ccc(-c6ccc7c(c6)oc6ccccc67)cc5)nc(-c5ccccc5)n4)cc3)ccc21. The summed E-state index contributed by atoms with van der Waals surface area (Å²) in [6.45, 7) is 0. The maximum atomic E-state index is 12.5. The average molecular weight is 635 g/mol. The van der Waals surface area contributed by atoms with Gasteiger partial charge in [-0.2, -0.15) is 0 Å². The van der Waals surface area contributed by atoms with Crippen molar-refractivity contribution in [3.05, 3.63) is 156 Å². The Morgan fingerprint density at radius 2 is 0.980 bits per heavy atom.